The minimum absolute atomic E-state index is 0.560. The molecule has 1 rings (SSSR count). The van der Waals surface area contributed by atoms with E-state index in [0.717, 1.165) is 0 Å². The second kappa shape index (κ2) is 1.51. The average Bonchev–Trinajstić information content (AvgIpc) is 1.86. The maximum absolute atomic E-state index is 3.75. The van der Waals surface area contributed by atoms with Gasteiger partial charge >= 0.3 is 0 Å². The van der Waals surface area contributed by atoms with Crippen molar-refractivity contribution in [2.75, 3.05) is 0 Å². The van der Waals surface area contributed by atoms with Gasteiger partial charge in [-0.1, -0.05) is 0 Å². The summed E-state index contributed by atoms with van der Waals surface area (Å²) in [5.74, 6) is 0. The third-order valence-corrected chi connectivity index (χ3v) is 1.28. The standard InChI is InChI=1S/C3H6N2S/c1-3-2-4-5-6-3/h2-3,5H,1H3. The smallest absolute Gasteiger partial charge is 0.0603 e. The third kappa shape index (κ3) is 0.653. The Morgan fingerprint density at radius 1 is 2.00 bits per heavy atom. The summed E-state index contributed by atoms with van der Waals surface area (Å²) < 4.78 is 0. The van der Waals surface area contributed by atoms with E-state index >= 15 is 0 Å². The van der Waals surface area contributed by atoms with Crippen molar-refractivity contribution in [3.05, 3.63) is 0 Å². The van der Waals surface area contributed by atoms with Crippen molar-refractivity contribution in [1.29, 1.82) is 0 Å². The second-order valence-electron chi connectivity index (χ2n) is 1.19. The Kier molecular flexibility index (Phi) is 1.01. The minimum atomic E-state index is 0.560. The molecule has 0 radical (unpaired) electrons. The van der Waals surface area contributed by atoms with Crippen LogP contribution >= 0.6 is 11.9 Å². The predicted molar refractivity (Wildman–Crippen MR) is 28.7 cm³/mol. The zero-order valence-corrected chi connectivity index (χ0v) is 4.33. The summed E-state index contributed by atoms with van der Waals surface area (Å²) in [6.45, 7) is 2.09. The van der Waals surface area contributed by atoms with Crippen molar-refractivity contribution in [2.24, 2.45) is 5.10 Å². The van der Waals surface area contributed by atoms with E-state index in [-0.39, 0.29) is 0 Å². The van der Waals surface area contributed by atoms with Gasteiger partial charge in [0.25, 0.3) is 0 Å². The van der Waals surface area contributed by atoms with Crippen LogP contribution in [0, 0.1) is 0 Å². The van der Waals surface area contributed by atoms with Crippen molar-refractivity contribution in [3.8, 4) is 0 Å². The van der Waals surface area contributed by atoms with E-state index in [1.807, 2.05) is 6.21 Å². The number of nitrogens with zero attached hydrogens (tertiary/aromatic N) is 1. The van der Waals surface area contributed by atoms with Crippen molar-refractivity contribution in [3.63, 3.8) is 0 Å². The molecule has 1 aliphatic heterocycles. The lowest BCUT2D eigenvalue weighted by atomic mass is 10.5. The van der Waals surface area contributed by atoms with E-state index in [1.165, 1.54) is 0 Å². The van der Waals surface area contributed by atoms with Crippen LogP contribution in [-0.4, -0.2) is 11.5 Å². The lowest BCUT2D eigenvalue weighted by molar-refractivity contribution is 1.15. The monoisotopic (exact) mass is 102 g/mol. The molecule has 1 heterocycles. The van der Waals surface area contributed by atoms with Crippen LogP contribution < -0.4 is 4.83 Å². The minimum Gasteiger partial charge on any atom is -0.252 e. The van der Waals surface area contributed by atoms with Crippen molar-refractivity contribution >= 4 is 18.2 Å². The van der Waals surface area contributed by atoms with Crippen LogP contribution in [0.15, 0.2) is 5.10 Å². The molecule has 0 aliphatic carbocycles. The Morgan fingerprint density at radius 2 is 2.83 bits per heavy atom. The van der Waals surface area contributed by atoms with Gasteiger partial charge in [0, 0.05) is 6.21 Å². The fraction of sp³-hybridized carbons (Fsp3) is 0.667. The Bertz CT molecular complexity index is 71.2. The van der Waals surface area contributed by atoms with E-state index in [0.29, 0.717) is 5.25 Å². The number of rotatable bonds is 0. The Labute approximate surface area is 41.1 Å². The molecule has 0 fully saturated rings. The first-order valence-corrected chi connectivity index (χ1v) is 2.71. The number of hydrogen-bond acceptors (Lipinski definition) is 3. The summed E-state index contributed by atoms with van der Waals surface area (Å²) >= 11 is 1.62. The molecular formula is C3H6N2S. The molecule has 1 unspecified atom stereocenters. The normalized spacial score (nSPS) is 30.5. The van der Waals surface area contributed by atoms with E-state index in [4.69, 9.17) is 0 Å². The van der Waals surface area contributed by atoms with Crippen LogP contribution in [0.3, 0.4) is 0 Å². The fourth-order valence-electron chi connectivity index (χ4n) is 0.279. The molecule has 0 aromatic carbocycles. The number of hydrazone groups is 1. The van der Waals surface area contributed by atoms with Crippen LogP contribution in [-0.2, 0) is 0 Å². The average molecular weight is 102 g/mol. The molecule has 3 heteroatoms. The van der Waals surface area contributed by atoms with E-state index in [2.05, 4.69) is 16.9 Å². The van der Waals surface area contributed by atoms with Crippen molar-refractivity contribution in [2.45, 2.75) is 12.2 Å². The van der Waals surface area contributed by atoms with E-state index in [1.54, 1.807) is 11.9 Å². The first kappa shape index (κ1) is 3.99. The van der Waals surface area contributed by atoms with Gasteiger partial charge in [0.05, 0.1) is 5.25 Å². The first-order valence-electron chi connectivity index (χ1n) is 1.83. The Hall–Kier alpha value is -0.180. The van der Waals surface area contributed by atoms with Gasteiger partial charge in [0.15, 0.2) is 0 Å². The molecule has 1 aliphatic rings. The van der Waals surface area contributed by atoms with Gasteiger partial charge in [0.2, 0.25) is 0 Å². The van der Waals surface area contributed by atoms with Crippen LogP contribution in [0.2, 0.25) is 0 Å². The molecule has 0 bridgehead atoms. The highest BCUT2D eigenvalue weighted by Crippen LogP contribution is 2.06. The lowest BCUT2D eigenvalue weighted by Crippen LogP contribution is -1.90. The number of nitrogens with one attached hydrogen (secondary N) is 1. The molecule has 2 nitrogen and oxygen atoms in total. The van der Waals surface area contributed by atoms with Gasteiger partial charge in [-0.05, 0) is 18.9 Å². The summed E-state index contributed by atoms with van der Waals surface area (Å²) in [4.78, 5) is 2.76. The highest BCUT2D eigenvalue weighted by Gasteiger charge is 2.00. The molecule has 0 saturated carbocycles. The molecule has 0 saturated heterocycles. The number of hydrogen-bond donors (Lipinski definition) is 1. The molecule has 0 aromatic rings. The molecular weight excluding hydrogens is 96.1 g/mol. The third-order valence-electron chi connectivity index (χ3n) is 0.576. The summed E-state index contributed by atoms with van der Waals surface area (Å²) in [7, 11) is 0. The fourth-order valence-corrected chi connectivity index (χ4v) is 0.689. The molecule has 0 aromatic heterocycles. The Morgan fingerprint density at radius 3 is 3.00 bits per heavy atom. The van der Waals surface area contributed by atoms with Crippen LogP contribution in [0.5, 0.6) is 0 Å². The first-order chi connectivity index (χ1) is 2.89. The molecule has 34 valence electrons. The van der Waals surface area contributed by atoms with Crippen LogP contribution in [0.4, 0.5) is 0 Å². The second-order valence-corrected chi connectivity index (χ2v) is 2.35. The van der Waals surface area contributed by atoms with Gasteiger partial charge in [-0.15, -0.1) is 0 Å². The Balaban J connectivity index is 2.38. The van der Waals surface area contributed by atoms with Gasteiger partial charge in [-0.25, -0.2) is 0 Å². The van der Waals surface area contributed by atoms with Gasteiger partial charge < -0.3 is 0 Å². The zero-order valence-electron chi connectivity index (χ0n) is 3.51. The van der Waals surface area contributed by atoms with Crippen molar-refractivity contribution < 1.29 is 0 Å². The largest absolute Gasteiger partial charge is 0.252 e. The molecule has 6 heavy (non-hydrogen) atoms. The maximum atomic E-state index is 3.75. The lowest BCUT2D eigenvalue weighted by Gasteiger charge is -1.87. The molecule has 0 amide bonds. The summed E-state index contributed by atoms with van der Waals surface area (Å²) in [6.07, 6.45) is 1.88. The quantitative estimate of drug-likeness (QED) is 0.453. The molecule has 1 atom stereocenters. The summed E-state index contributed by atoms with van der Waals surface area (Å²) in [5, 5.41) is 4.31. The summed E-state index contributed by atoms with van der Waals surface area (Å²) in [6, 6.07) is 0. The highest BCUT2D eigenvalue weighted by molar-refractivity contribution is 7.98. The van der Waals surface area contributed by atoms with E-state index in [9.17, 15) is 0 Å². The van der Waals surface area contributed by atoms with Gasteiger partial charge in [-0.3, -0.25) is 4.83 Å². The zero-order chi connectivity index (χ0) is 4.41. The van der Waals surface area contributed by atoms with E-state index < -0.39 is 0 Å². The molecule has 1 N–H and O–H groups in total. The van der Waals surface area contributed by atoms with Crippen LogP contribution in [0.25, 0.3) is 0 Å². The summed E-state index contributed by atoms with van der Waals surface area (Å²) in [5.41, 5.74) is 0. The SMILES string of the molecule is CC1C=NNS1. The maximum Gasteiger partial charge on any atom is 0.0603 e. The highest BCUT2D eigenvalue weighted by atomic mass is 32.2. The van der Waals surface area contributed by atoms with Crippen molar-refractivity contribution in [1.82, 2.24) is 4.83 Å². The molecule has 0 spiro atoms. The van der Waals surface area contributed by atoms with Gasteiger partial charge in [0.1, 0.15) is 0 Å². The van der Waals surface area contributed by atoms with Crippen LogP contribution in [0.1, 0.15) is 6.92 Å². The topological polar surface area (TPSA) is 24.4 Å². The van der Waals surface area contributed by atoms with Gasteiger partial charge in [-0.2, -0.15) is 5.10 Å². The predicted octanol–water partition coefficient (Wildman–Crippen LogP) is 0.612.